The minimum atomic E-state index is -0.502. The van der Waals surface area contributed by atoms with E-state index in [0.717, 1.165) is 34.9 Å². The summed E-state index contributed by atoms with van der Waals surface area (Å²) in [6, 6.07) is 17.5. The Labute approximate surface area is 182 Å². The van der Waals surface area contributed by atoms with Crippen molar-refractivity contribution in [2.24, 2.45) is 0 Å². The maximum Gasteiger partial charge on any atom is 0.410 e. The molecule has 1 aromatic heterocycles. The first kappa shape index (κ1) is 21.0. The number of carbonyl (C=O) groups is 1. The number of benzene rings is 2. The molecule has 1 fully saturated rings. The fourth-order valence-corrected chi connectivity index (χ4v) is 3.61. The first-order valence-corrected chi connectivity index (χ1v) is 10.6. The minimum absolute atomic E-state index is 0.0701. The van der Waals surface area contributed by atoms with Gasteiger partial charge >= 0.3 is 6.09 Å². The van der Waals surface area contributed by atoms with Crippen molar-refractivity contribution in [3.05, 3.63) is 66.2 Å². The van der Waals surface area contributed by atoms with Crippen molar-refractivity contribution in [3.63, 3.8) is 0 Å². The second-order valence-electron chi connectivity index (χ2n) is 8.82. The van der Waals surface area contributed by atoms with Gasteiger partial charge in [0.15, 0.2) is 11.7 Å². The molecule has 3 aromatic rings. The van der Waals surface area contributed by atoms with Crippen molar-refractivity contribution in [2.75, 3.05) is 13.1 Å². The first-order valence-electron chi connectivity index (χ1n) is 10.6. The van der Waals surface area contributed by atoms with E-state index in [2.05, 4.69) is 4.98 Å². The Morgan fingerprint density at radius 3 is 2.42 bits per heavy atom. The summed E-state index contributed by atoms with van der Waals surface area (Å²) in [6.45, 7) is 8.76. The highest BCUT2D eigenvalue weighted by Gasteiger charge is 2.33. The van der Waals surface area contributed by atoms with Gasteiger partial charge in [-0.25, -0.2) is 9.78 Å². The van der Waals surface area contributed by atoms with Crippen LogP contribution in [0, 0.1) is 6.92 Å². The smallest absolute Gasteiger partial charge is 0.410 e. The number of hydrogen-bond acceptors (Lipinski definition) is 5. The second-order valence-corrected chi connectivity index (χ2v) is 8.82. The molecule has 0 aliphatic carbocycles. The van der Waals surface area contributed by atoms with Crippen LogP contribution in [0.5, 0.6) is 11.5 Å². The Balaban J connectivity index is 1.44. The van der Waals surface area contributed by atoms with Crippen molar-refractivity contribution in [1.82, 2.24) is 9.88 Å². The molecule has 1 atom stereocenters. The Morgan fingerprint density at radius 2 is 1.74 bits per heavy atom. The lowest BCUT2D eigenvalue weighted by atomic mass is 10.1. The van der Waals surface area contributed by atoms with Crippen LogP contribution in [0.4, 0.5) is 4.79 Å². The van der Waals surface area contributed by atoms with Gasteiger partial charge < -0.3 is 18.8 Å². The van der Waals surface area contributed by atoms with Crippen LogP contribution < -0.4 is 4.74 Å². The average Bonchev–Trinajstić information content (AvgIpc) is 3.35. The van der Waals surface area contributed by atoms with Crippen LogP contribution in [-0.4, -0.2) is 34.7 Å². The predicted molar refractivity (Wildman–Crippen MR) is 118 cm³/mol. The third-order valence-corrected chi connectivity index (χ3v) is 5.10. The van der Waals surface area contributed by atoms with Crippen LogP contribution in [0.3, 0.4) is 0 Å². The third kappa shape index (κ3) is 5.08. The minimum Gasteiger partial charge on any atom is -0.457 e. The quantitative estimate of drug-likeness (QED) is 0.505. The molecule has 6 nitrogen and oxygen atoms in total. The van der Waals surface area contributed by atoms with Gasteiger partial charge in [0.2, 0.25) is 0 Å². The van der Waals surface area contributed by atoms with Gasteiger partial charge in [0.1, 0.15) is 17.1 Å². The van der Waals surface area contributed by atoms with Crippen molar-refractivity contribution < 1.29 is 18.7 Å². The molecule has 2 heterocycles. The molecule has 2 aromatic carbocycles. The van der Waals surface area contributed by atoms with Crippen molar-refractivity contribution >= 4 is 6.09 Å². The van der Waals surface area contributed by atoms with Crippen LogP contribution in [0.15, 0.2) is 59.0 Å². The van der Waals surface area contributed by atoms with E-state index in [1.165, 1.54) is 0 Å². The van der Waals surface area contributed by atoms with Gasteiger partial charge in [-0.05, 0) is 70.5 Å². The number of ether oxygens (including phenoxy) is 2. The number of aromatic nitrogens is 1. The van der Waals surface area contributed by atoms with Crippen LogP contribution in [-0.2, 0) is 4.74 Å². The van der Waals surface area contributed by atoms with Crippen LogP contribution in [0.1, 0.15) is 44.7 Å². The first-order chi connectivity index (χ1) is 14.8. The van der Waals surface area contributed by atoms with E-state index in [1.807, 2.05) is 82.3 Å². The van der Waals surface area contributed by atoms with Crippen LogP contribution in [0.25, 0.3) is 11.3 Å². The molecule has 31 heavy (non-hydrogen) atoms. The SMILES string of the molecule is Cc1nc(C2CCN(C(=O)OC(C)(C)C)C2)oc1-c1ccc(Oc2ccccc2)cc1. The van der Waals surface area contributed by atoms with Gasteiger partial charge in [-0.2, -0.15) is 0 Å². The number of carbonyl (C=O) groups excluding carboxylic acids is 1. The molecule has 1 unspecified atom stereocenters. The fraction of sp³-hybridized carbons (Fsp3) is 0.360. The molecule has 1 amide bonds. The Kier molecular flexibility index (Phi) is 5.72. The summed E-state index contributed by atoms with van der Waals surface area (Å²) in [5, 5.41) is 0. The number of nitrogens with zero attached hydrogens (tertiary/aromatic N) is 2. The Hall–Kier alpha value is -3.28. The molecule has 0 saturated carbocycles. The number of hydrogen-bond donors (Lipinski definition) is 0. The van der Waals surface area contributed by atoms with Gasteiger partial charge in [0, 0.05) is 18.7 Å². The number of rotatable bonds is 4. The summed E-state index contributed by atoms with van der Waals surface area (Å²) < 4.78 is 17.5. The topological polar surface area (TPSA) is 64.8 Å². The van der Waals surface area contributed by atoms with Gasteiger partial charge in [0.25, 0.3) is 0 Å². The van der Waals surface area contributed by atoms with Gasteiger partial charge in [-0.1, -0.05) is 18.2 Å². The lowest BCUT2D eigenvalue weighted by Gasteiger charge is -2.24. The molecule has 0 radical (unpaired) electrons. The molecule has 1 aliphatic rings. The number of aryl methyl sites for hydroxylation is 1. The maximum atomic E-state index is 12.3. The highest BCUT2D eigenvalue weighted by Crippen LogP contribution is 2.33. The molecule has 0 bridgehead atoms. The maximum absolute atomic E-state index is 12.3. The summed E-state index contributed by atoms with van der Waals surface area (Å²) in [4.78, 5) is 18.7. The standard InChI is InChI=1S/C25H28N2O4/c1-17-22(18-10-12-21(13-11-18)29-20-8-6-5-7-9-20)30-23(26-17)19-14-15-27(16-19)24(28)31-25(2,3)4/h5-13,19H,14-16H2,1-4H3. The molecular formula is C25H28N2O4. The summed E-state index contributed by atoms with van der Waals surface area (Å²) in [5.74, 6) is 3.04. The molecule has 1 saturated heterocycles. The molecule has 4 rings (SSSR count). The van der Waals surface area contributed by atoms with E-state index in [4.69, 9.17) is 13.9 Å². The van der Waals surface area contributed by atoms with E-state index < -0.39 is 5.60 Å². The summed E-state index contributed by atoms with van der Waals surface area (Å²) in [6.07, 6.45) is 0.523. The van der Waals surface area contributed by atoms with Crippen LogP contribution >= 0.6 is 0 Å². The zero-order valence-electron chi connectivity index (χ0n) is 18.4. The summed E-state index contributed by atoms with van der Waals surface area (Å²) >= 11 is 0. The fourth-order valence-electron chi connectivity index (χ4n) is 3.61. The van der Waals surface area contributed by atoms with E-state index in [0.29, 0.717) is 19.0 Å². The van der Waals surface area contributed by atoms with E-state index >= 15 is 0 Å². The molecule has 0 spiro atoms. The number of oxazole rings is 1. The molecule has 0 N–H and O–H groups in total. The van der Waals surface area contributed by atoms with Crippen molar-refractivity contribution in [3.8, 4) is 22.8 Å². The molecule has 6 heteroatoms. The number of likely N-dealkylation sites (tertiary alicyclic amines) is 1. The van der Waals surface area contributed by atoms with Crippen molar-refractivity contribution in [1.29, 1.82) is 0 Å². The second kappa shape index (κ2) is 8.46. The van der Waals surface area contributed by atoms with E-state index in [1.54, 1.807) is 4.90 Å². The van der Waals surface area contributed by atoms with Gasteiger partial charge in [-0.15, -0.1) is 0 Å². The zero-order chi connectivity index (χ0) is 22.0. The van der Waals surface area contributed by atoms with E-state index in [-0.39, 0.29) is 12.0 Å². The number of para-hydroxylation sites is 1. The lowest BCUT2D eigenvalue weighted by molar-refractivity contribution is 0.0291. The van der Waals surface area contributed by atoms with Crippen LogP contribution in [0.2, 0.25) is 0 Å². The van der Waals surface area contributed by atoms with Gasteiger partial charge in [-0.3, -0.25) is 0 Å². The van der Waals surface area contributed by atoms with E-state index in [9.17, 15) is 4.79 Å². The zero-order valence-corrected chi connectivity index (χ0v) is 18.4. The normalized spacial score (nSPS) is 16.4. The number of amides is 1. The molecule has 1 aliphatic heterocycles. The third-order valence-electron chi connectivity index (χ3n) is 5.10. The largest absolute Gasteiger partial charge is 0.457 e. The molecule has 162 valence electrons. The lowest BCUT2D eigenvalue weighted by Crippen LogP contribution is -2.35. The van der Waals surface area contributed by atoms with Gasteiger partial charge in [0.05, 0.1) is 11.6 Å². The monoisotopic (exact) mass is 420 g/mol. The summed E-state index contributed by atoms with van der Waals surface area (Å²) in [5.41, 5.74) is 1.28. The highest BCUT2D eigenvalue weighted by atomic mass is 16.6. The molecular weight excluding hydrogens is 392 g/mol. The predicted octanol–water partition coefficient (Wildman–Crippen LogP) is 6.17. The Bertz CT molecular complexity index is 1040. The average molecular weight is 421 g/mol. The van der Waals surface area contributed by atoms with Crippen molar-refractivity contribution in [2.45, 2.75) is 45.6 Å². The Morgan fingerprint density at radius 1 is 1.06 bits per heavy atom. The summed E-state index contributed by atoms with van der Waals surface area (Å²) in [7, 11) is 0. The highest BCUT2D eigenvalue weighted by molar-refractivity contribution is 5.68.